The summed E-state index contributed by atoms with van der Waals surface area (Å²) in [6.07, 6.45) is 2.66. The summed E-state index contributed by atoms with van der Waals surface area (Å²) in [6.45, 7) is 6.43. The van der Waals surface area contributed by atoms with E-state index >= 15 is 0 Å². The number of carbonyl (C=O) groups is 2. The Kier molecular flexibility index (Phi) is 6.34. The van der Waals surface area contributed by atoms with Gasteiger partial charge in [0.2, 0.25) is 5.91 Å². The molecule has 1 aromatic carbocycles. The minimum absolute atomic E-state index is 0.0519. The molecule has 0 spiro atoms. The summed E-state index contributed by atoms with van der Waals surface area (Å²) in [5, 5.41) is 6.43. The van der Waals surface area contributed by atoms with E-state index < -0.39 is 5.92 Å². The van der Waals surface area contributed by atoms with Gasteiger partial charge in [0.25, 0.3) is 5.56 Å². The summed E-state index contributed by atoms with van der Waals surface area (Å²) < 4.78 is 5.23. The molecular formula is C27H28N4O4S. The lowest BCUT2D eigenvalue weighted by molar-refractivity contribution is -0.119. The molecule has 0 saturated carbocycles. The average Bonchev–Trinajstić information content (AvgIpc) is 3.33. The zero-order valence-corrected chi connectivity index (χ0v) is 21.3. The van der Waals surface area contributed by atoms with Crippen molar-refractivity contribution in [1.29, 1.82) is 0 Å². The van der Waals surface area contributed by atoms with Gasteiger partial charge in [0.15, 0.2) is 10.9 Å². The van der Waals surface area contributed by atoms with Crippen molar-refractivity contribution in [2.45, 2.75) is 51.2 Å². The van der Waals surface area contributed by atoms with Crippen molar-refractivity contribution in [2.24, 2.45) is 5.41 Å². The lowest BCUT2D eigenvalue weighted by Crippen LogP contribution is -2.37. The van der Waals surface area contributed by atoms with E-state index in [2.05, 4.69) is 34.4 Å². The number of aryl methyl sites for hydroxylation is 1. The van der Waals surface area contributed by atoms with Crippen LogP contribution in [-0.4, -0.2) is 27.4 Å². The molecule has 9 heteroatoms. The molecule has 3 heterocycles. The summed E-state index contributed by atoms with van der Waals surface area (Å²) in [6, 6.07) is 11.5. The van der Waals surface area contributed by atoms with Crippen molar-refractivity contribution in [2.75, 3.05) is 11.1 Å². The Morgan fingerprint density at radius 2 is 1.97 bits per heavy atom. The average molecular weight is 505 g/mol. The van der Waals surface area contributed by atoms with Crippen molar-refractivity contribution in [3.8, 4) is 0 Å². The summed E-state index contributed by atoms with van der Waals surface area (Å²) in [5.74, 6) is 0.542. The largest absolute Gasteiger partial charge is 0.467 e. The fourth-order valence-corrected chi connectivity index (χ4v) is 5.53. The van der Waals surface area contributed by atoms with Crippen LogP contribution in [0.5, 0.6) is 0 Å². The smallest absolute Gasteiger partial charge is 0.257 e. The third-order valence-electron chi connectivity index (χ3n) is 6.49. The number of thioether (sulfide) groups is 1. The van der Waals surface area contributed by atoms with Crippen LogP contribution in [0.4, 0.5) is 5.82 Å². The van der Waals surface area contributed by atoms with E-state index in [-0.39, 0.29) is 28.4 Å². The van der Waals surface area contributed by atoms with Crippen LogP contribution < -0.4 is 16.2 Å². The van der Waals surface area contributed by atoms with E-state index in [9.17, 15) is 14.4 Å². The molecule has 186 valence electrons. The van der Waals surface area contributed by atoms with Crippen LogP contribution in [0, 0.1) is 12.3 Å². The highest BCUT2D eigenvalue weighted by Gasteiger charge is 2.42. The van der Waals surface area contributed by atoms with Crippen LogP contribution in [0.3, 0.4) is 0 Å². The third kappa shape index (κ3) is 4.88. The quantitative estimate of drug-likeness (QED) is 0.339. The van der Waals surface area contributed by atoms with Crippen molar-refractivity contribution < 1.29 is 14.0 Å². The molecule has 3 N–H and O–H groups in total. The summed E-state index contributed by atoms with van der Waals surface area (Å²) in [5.41, 5.74) is 3.37. The monoisotopic (exact) mass is 504 g/mol. The molecule has 1 atom stereocenters. The molecule has 0 fully saturated rings. The van der Waals surface area contributed by atoms with Gasteiger partial charge in [0.05, 0.1) is 24.1 Å². The number of ketones is 1. The molecule has 2 aromatic heterocycles. The first-order valence-electron chi connectivity index (χ1n) is 11.9. The van der Waals surface area contributed by atoms with Crippen LogP contribution >= 0.6 is 11.8 Å². The Morgan fingerprint density at radius 3 is 2.69 bits per heavy atom. The number of hydrogen-bond acceptors (Lipinski definition) is 7. The Morgan fingerprint density at radius 1 is 1.19 bits per heavy atom. The number of Topliss-reactive ketones (excluding diaryl/α,β-unsaturated/α-hetero) is 1. The minimum atomic E-state index is -0.493. The summed E-state index contributed by atoms with van der Waals surface area (Å²) in [4.78, 5) is 46.5. The number of allylic oxidation sites excluding steroid dienone is 2. The first kappa shape index (κ1) is 24.1. The fourth-order valence-electron chi connectivity index (χ4n) is 4.84. The molecule has 1 unspecified atom stereocenters. The third-order valence-corrected chi connectivity index (χ3v) is 7.36. The molecule has 0 saturated heterocycles. The van der Waals surface area contributed by atoms with Gasteiger partial charge in [-0.3, -0.25) is 14.4 Å². The number of aromatic amines is 1. The van der Waals surface area contributed by atoms with E-state index in [1.54, 1.807) is 18.4 Å². The number of carbonyl (C=O) groups excluding carboxylic acids is 2. The predicted molar refractivity (Wildman–Crippen MR) is 138 cm³/mol. The summed E-state index contributed by atoms with van der Waals surface area (Å²) >= 11 is 1.15. The lowest BCUT2D eigenvalue weighted by atomic mass is 9.69. The Labute approximate surface area is 213 Å². The molecule has 8 nitrogen and oxygen atoms in total. The molecular weight excluding hydrogens is 476 g/mol. The normalized spacial score (nSPS) is 18.3. The van der Waals surface area contributed by atoms with Crippen molar-refractivity contribution >= 4 is 29.3 Å². The number of hydrogen-bond donors (Lipinski definition) is 3. The summed E-state index contributed by atoms with van der Waals surface area (Å²) in [7, 11) is 0. The van der Waals surface area contributed by atoms with Gasteiger partial charge < -0.3 is 20.0 Å². The van der Waals surface area contributed by atoms with E-state index in [0.717, 1.165) is 28.6 Å². The van der Waals surface area contributed by atoms with Gasteiger partial charge in [0, 0.05) is 23.6 Å². The molecule has 0 radical (unpaired) electrons. The number of amides is 1. The minimum Gasteiger partial charge on any atom is -0.467 e. The number of benzene rings is 1. The number of anilines is 1. The standard InChI is InChI=1S/C27H28N4O4S/c1-15-6-8-16(9-7-15)21-22-18(11-27(2,3)12-19(22)32)29-24-23(21)25(34)31-26(30-24)36-14-20(33)28-13-17-5-4-10-35-17/h4-10,21H,11-14H2,1-3H3,(H,28,33)(H2,29,30,31,34). The molecule has 5 rings (SSSR count). The van der Waals surface area contributed by atoms with Gasteiger partial charge in [-0.15, -0.1) is 0 Å². The Balaban J connectivity index is 1.45. The van der Waals surface area contributed by atoms with Crippen LogP contribution in [0.25, 0.3) is 0 Å². The molecule has 3 aromatic rings. The lowest BCUT2D eigenvalue weighted by Gasteiger charge is -2.38. The Bertz CT molecular complexity index is 1400. The van der Waals surface area contributed by atoms with E-state index in [1.165, 1.54) is 0 Å². The molecule has 1 aliphatic carbocycles. The van der Waals surface area contributed by atoms with Gasteiger partial charge in [-0.1, -0.05) is 55.4 Å². The number of aromatic nitrogens is 2. The fraction of sp³-hybridized carbons (Fsp3) is 0.333. The van der Waals surface area contributed by atoms with Crippen LogP contribution in [-0.2, 0) is 16.1 Å². The first-order chi connectivity index (χ1) is 17.2. The molecule has 1 amide bonds. The zero-order chi connectivity index (χ0) is 25.4. The van der Waals surface area contributed by atoms with Crippen molar-refractivity contribution in [3.05, 3.63) is 86.7 Å². The van der Waals surface area contributed by atoms with Gasteiger partial charge in [-0.05, 0) is 36.5 Å². The van der Waals surface area contributed by atoms with E-state index in [4.69, 9.17) is 4.42 Å². The van der Waals surface area contributed by atoms with Crippen LogP contribution in [0.1, 0.15) is 55.1 Å². The zero-order valence-electron chi connectivity index (χ0n) is 20.4. The van der Waals surface area contributed by atoms with Gasteiger partial charge in [-0.2, -0.15) is 0 Å². The highest BCUT2D eigenvalue weighted by atomic mass is 32.2. The molecule has 36 heavy (non-hydrogen) atoms. The van der Waals surface area contributed by atoms with Crippen LogP contribution in [0.2, 0.25) is 0 Å². The van der Waals surface area contributed by atoms with E-state index in [0.29, 0.717) is 47.3 Å². The number of nitrogens with zero attached hydrogens (tertiary/aromatic N) is 1. The highest BCUT2D eigenvalue weighted by molar-refractivity contribution is 7.99. The molecule has 0 bridgehead atoms. The van der Waals surface area contributed by atoms with Gasteiger partial charge >= 0.3 is 0 Å². The Hall–Kier alpha value is -3.59. The van der Waals surface area contributed by atoms with E-state index in [1.807, 2.05) is 31.2 Å². The van der Waals surface area contributed by atoms with Gasteiger partial charge in [0.1, 0.15) is 11.6 Å². The van der Waals surface area contributed by atoms with Crippen molar-refractivity contribution in [1.82, 2.24) is 15.3 Å². The number of furan rings is 1. The first-order valence-corrected chi connectivity index (χ1v) is 12.8. The number of nitrogens with one attached hydrogen (secondary N) is 3. The molecule has 2 aliphatic rings. The highest BCUT2D eigenvalue weighted by Crippen LogP contribution is 2.47. The second-order valence-electron chi connectivity index (χ2n) is 10.1. The maximum absolute atomic E-state index is 13.4. The topological polar surface area (TPSA) is 117 Å². The van der Waals surface area contributed by atoms with Crippen LogP contribution in [0.15, 0.2) is 68.3 Å². The molecule has 1 aliphatic heterocycles. The number of H-pyrrole nitrogens is 1. The number of rotatable bonds is 6. The second kappa shape index (κ2) is 9.46. The second-order valence-corrected chi connectivity index (χ2v) is 11.0. The number of fused-ring (bicyclic) bond motifs is 1. The SMILES string of the molecule is Cc1ccc(C2C3=C(CC(C)(C)CC3=O)Nc3nc(SCC(=O)NCc4ccco4)[nH]c(=O)c32)cc1. The maximum atomic E-state index is 13.4. The maximum Gasteiger partial charge on any atom is 0.257 e. The van der Waals surface area contributed by atoms with Crippen molar-refractivity contribution in [3.63, 3.8) is 0 Å². The van der Waals surface area contributed by atoms with Gasteiger partial charge in [-0.25, -0.2) is 4.98 Å². The predicted octanol–water partition coefficient (Wildman–Crippen LogP) is 4.28.